The summed E-state index contributed by atoms with van der Waals surface area (Å²) in [6, 6.07) is 10.7. The van der Waals surface area contributed by atoms with Crippen LogP contribution in [-0.4, -0.2) is 16.8 Å². The van der Waals surface area contributed by atoms with Crippen molar-refractivity contribution in [2.45, 2.75) is 46.2 Å². The lowest BCUT2D eigenvalue weighted by atomic mass is 10.1. The van der Waals surface area contributed by atoms with Crippen LogP contribution in [0.1, 0.15) is 35.4 Å². The van der Waals surface area contributed by atoms with E-state index in [9.17, 15) is 0 Å². The van der Waals surface area contributed by atoms with Crippen LogP contribution >= 0.6 is 0 Å². The fraction of sp³-hybridized carbons (Fsp3) is 0.471. The molecule has 1 heterocycles. The predicted molar refractivity (Wildman–Crippen MR) is 83.8 cm³/mol. The van der Waals surface area contributed by atoms with E-state index in [-0.39, 0.29) is 0 Å². The van der Waals surface area contributed by atoms with Gasteiger partial charge in [-0.1, -0.05) is 30.3 Å². The Hall–Kier alpha value is -1.61. The SMILES string of the molecule is CNCc1c(C)nn(CCCCc2ccccc2)c1C. The lowest BCUT2D eigenvalue weighted by molar-refractivity contribution is 0.543. The van der Waals surface area contributed by atoms with Crippen LogP contribution in [0.4, 0.5) is 0 Å². The van der Waals surface area contributed by atoms with Crippen LogP contribution < -0.4 is 5.32 Å². The van der Waals surface area contributed by atoms with Crippen LogP contribution in [0.3, 0.4) is 0 Å². The Morgan fingerprint density at radius 3 is 2.55 bits per heavy atom. The highest BCUT2D eigenvalue weighted by molar-refractivity contribution is 5.24. The van der Waals surface area contributed by atoms with E-state index in [1.165, 1.54) is 29.7 Å². The number of unbranched alkanes of at least 4 members (excludes halogenated alkanes) is 1. The van der Waals surface area contributed by atoms with E-state index < -0.39 is 0 Å². The minimum absolute atomic E-state index is 0.904. The van der Waals surface area contributed by atoms with Crippen molar-refractivity contribution in [2.24, 2.45) is 0 Å². The molecule has 1 aromatic carbocycles. The standard InChI is InChI=1S/C17H25N3/c1-14-17(13-18-3)15(2)20(19-14)12-8-7-11-16-9-5-4-6-10-16/h4-6,9-10,18H,7-8,11-13H2,1-3H3. The first kappa shape index (κ1) is 14.8. The summed E-state index contributed by atoms with van der Waals surface area (Å²) in [5.74, 6) is 0. The summed E-state index contributed by atoms with van der Waals surface area (Å²) in [4.78, 5) is 0. The molecule has 0 saturated heterocycles. The molecule has 0 spiro atoms. The highest BCUT2D eigenvalue weighted by Gasteiger charge is 2.09. The molecule has 2 rings (SSSR count). The van der Waals surface area contributed by atoms with Gasteiger partial charge in [0.1, 0.15) is 0 Å². The molecule has 0 bridgehead atoms. The first-order chi connectivity index (χ1) is 9.72. The van der Waals surface area contributed by atoms with Gasteiger partial charge in [0.05, 0.1) is 5.69 Å². The van der Waals surface area contributed by atoms with Gasteiger partial charge >= 0.3 is 0 Å². The fourth-order valence-corrected chi connectivity index (χ4v) is 2.62. The molecule has 0 aliphatic rings. The third kappa shape index (κ3) is 3.70. The molecule has 0 aliphatic heterocycles. The Balaban J connectivity index is 1.84. The maximum atomic E-state index is 4.65. The van der Waals surface area contributed by atoms with Gasteiger partial charge in [-0.05, 0) is 45.7 Å². The smallest absolute Gasteiger partial charge is 0.0641 e. The fourth-order valence-electron chi connectivity index (χ4n) is 2.62. The van der Waals surface area contributed by atoms with Crippen molar-refractivity contribution in [3.05, 3.63) is 52.8 Å². The van der Waals surface area contributed by atoms with E-state index in [2.05, 4.69) is 59.3 Å². The maximum Gasteiger partial charge on any atom is 0.0641 e. The lowest BCUT2D eigenvalue weighted by Gasteiger charge is -2.06. The highest BCUT2D eigenvalue weighted by atomic mass is 15.3. The van der Waals surface area contributed by atoms with Crippen LogP contribution in [0.5, 0.6) is 0 Å². The second-order valence-corrected chi connectivity index (χ2v) is 5.35. The minimum atomic E-state index is 0.904. The van der Waals surface area contributed by atoms with Gasteiger partial charge in [-0.2, -0.15) is 5.10 Å². The number of aryl methyl sites for hydroxylation is 3. The van der Waals surface area contributed by atoms with Gasteiger partial charge in [0.2, 0.25) is 0 Å². The Morgan fingerprint density at radius 2 is 1.85 bits per heavy atom. The molecule has 1 N–H and O–H groups in total. The minimum Gasteiger partial charge on any atom is -0.316 e. The zero-order valence-corrected chi connectivity index (χ0v) is 12.8. The van der Waals surface area contributed by atoms with Crippen molar-refractivity contribution in [1.82, 2.24) is 15.1 Å². The zero-order chi connectivity index (χ0) is 14.4. The number of hydrogen-bond acceptors (Lipinski definition) is 2. The van der Waals surface area contributed by atoms with Crippen LogP contribution in [-0.2, 0) is 19.5 Å². The molecule has 0 fully saturated rings. The van der Waals surface area contributed by atoms with Crippen molar-refractivity contribution < 1.29 is 0 Å². The lowest BCUT2D eigenvalue weighted by Crippen LogP contribution is -2.08. The summed E-state index contributed by atoms with van der Waals surface area (Å²) in [5, 5.41) is 7.86. The Morgan fingerprint density at radius 1 is 1.10 bits per heavy atom. The molecular weight excluding hydrogens is 246 g/mol. The Bertz CT molecular complexity index is 529. The highest BCUT2D eigenvalue weighted by Crippen LogP contribution is 2.14. The van der Waals surface area contributed by atoms with Gasteiger partial charge in [0.25, 0.3) is 0 Å². The molecular formula is C17H25N3. The summed E-state index contributed by atoms with van der Waals surface area (Å²) in [7, 11) is 1.98. The molecule has 3 nitrogen and oxygen atoms in total. The molecule has 0 atom stereocenters. The van der Waals surface area contributed by atoms with E-state index in [1.54, 1.807) is 0 Å². The topological polar surface area (TPSA) is 29.9 Å². The van der Waals surface area contributed by atoms with E-state index >= 15 is 0 Å². The van der Waals surface area contributed by atoms with Crippen molar-refractivity contribution >= 4 is 0 Å². The van der Waals surface area contributed by atoms with Crippen LogP contribution in [0.2, 0.25) is 0 Å². The third-order valence-electron chi connectivity index (χ3n) is 3.81. The largest absolute Gasteiger partial charge is 0.316 e. The summed E-state index contributed by atoms with van der Waals surface area (Å²) in [6.07, 6.45) is 3.54. The average molecular weight is 271 g/mol. The normalized spacial score (nSPS) is 10.9. The summed E-state index contributed by atoms with van der Waals surface area (Å²) in [5.41, 5.74) is 5.23. The third-order valence-corrected chi connectivity index (χ3v) is 3.81. The van der Waals surface area contributed by atoms with Crippen molar-refractivity contribution in [2.75, 3.05) is 7.05 Å². The Labute approximate surface area is 122 Å². The van der Waals surface area contributed by atoms with Gasteiger partial charge in [-0.15, -0.1) is 0 Å². The Kier molecular flexibility index (Phi) is 5.36. The van der Waals surface area contributed by atoms with Gasteiger partial charge in [-0.3, -0.25) is 4.68 Å². The van der Waals surface area contributed by atoms with E-state index in [1.807, 2.05) is 7.05 Å². The maximum absolute atomic E-state index is 4.65. The van der Waals surface area contributed by atoms with E-state index in [0.29, 0.717) is 0 Å². The quantitative estimate of drug-likeness (QED) is 0.783. The van der Waals surface area contributed by atoms with E-state index in [0.717, 1.165) is 25.2 Å². The van der Waals surface area contributed by atoms with Gasteiger partial charge < -0.3 is 5.32 Å². The van der Waals surface area contributed by atoms with E-state index in [4.69, 9.17) is 0 Å². The number of benzene rings is 1. The second-order valence-electron chi connectivity index (χ2n) is 5.35. The van der Waals surface area contributed by atoms with Crippen molar-refractivity contribution in [1.29, 1.82) is 0 Å². The molecule has 0 unspecified atom stereocenters. The number of nitrogens with one attached hydrogen (secondary N) is 1. The predicted octanol–water partition coefficient (Wildman–Crippen LogP) is 3.24. The van der Waals surface area contributed by atoms with Crippen molar-refractivity contribution in [3.8, 4) is 0 Å². The molecule has 20 heavy (non-hydrogen) atoms. The summed E-state index contributed by atoms with van der Waals surface area (Å²) < 4.78 is 2.16. The molecule has 2 aromatic rings. The first-order valence-electron chi connectivity index (χ1n) is 7.43. The molecule has 0 radical (unpaired) electrons. The summed E-state index contributed by atoms with van der Waals surface area (Å²) >= 11 is 0. The zero-order valence-electron chi connectivity index (χ0n) is 12.8. The first-order valence-corrected chi connectivity index (χ1v) is 7.43. The second kappa shape index (κ2) is 7.25. The number of nitrogens with zero attached hydrogens (tertiary/aromatic N) is 2. The van der Waals surface area contributed by atoms with Crippen LogP contribution in [0.25, 0.3) is 0 Å². The number of aromatic nitrogens is 2. The molecule has 0 amide bonds. The average Bonchev–Trinajstić information content (AvgIpc) is 2.73. The molecule has 108 valence electrons. The number of rotatable bonds is 7. The monoisotopic (exact) mass is 271 g/mol. The van der Waals surface area contributed by atoms with Crippen LogP contribution in [0.15, 0.2) is 30.3 Å². The molecule has 3 heteroatoms. The summed E-state index contributed by atoms with van der Waals surface area (Å²) in [6.45, 7) is 6.19. The van der Waals surface area contributed by atoms with Crippen molar-refractivity contribution in [3.63, 3.8) is 0 Å². The van der Waals surface area contributed by atoms with Gasteiger partial charge in [0.15, 0.2) is 0 Å². The van der Waals surface area contributed by atoms with Crippen LogP contribution in [0, 0.1) is 13.8 Å². The molecule has 0 saturated carbocycles. The van der Waals surface area contributed by atoms with Gasteiger partial charge in [0, 0.05) is 24.3 Å². The molecule has 1 aromatic heterocycles. The molecule has 0 aliphatic carbocycles. The van der Waals surface area contributed by atoms with Gasteiger partial charge in [-0.25, -0.2) is 0 Å². The number of hydrogen-bond donors (Lipinski definition) is 1.